The number of nitrogens with two attached hydrogens (primary N) is 2. The van der Waals surface area contributed by atoms with E-state index in [2.05, 4.69) is 31.8 Å². The number of carbonyl (C=O) groups is 1. The molecule has 1 aromatic carbocycles. The fourth-order valence-electron chi connectivity index (χ4n) is 1.69. The molecule has 0 spiro atoms. The predicted octanol–water partition coefficient (Wildman–Crippen LogP) is 2.95. The summed E-state index contributed by atoms with van der Waals surface area (Å²) in [7, 11) is 0. The normalized spacial score (nSPS) is 8.82. The molecule has 0 saturated heterocycles. The van der Waals surface area contributed by atoms with Crippen molar-refractivity contribution >= 4 is 17.8 Å². The van der Waals surface area contributed by atoms with Gasteiger partial charge in [-0.25, -0.2) is 4.68 Å². The zero-order valence-corrected chi connectivity index (χ0v) is 13.2. The van der Waals surface area contributed by atoms with Crippen LogP contribution in [0.3, 0.4) is 0 Å². The van der Waals surface area contributed by atoms with E-state index in [1.165, 1.54) is 6.92 Å². The zero-order valence-electron chi connectivity index (χ0n) is 13.2. The summed E-state index contributed by atoms with van der Waals surface area (Å²) in [5.74, 6) is 0.687. The van der Waals surface area contributed by atoms with Crippen LogP contribution in [-0.4, -0.2) is 16.1 Å². The lowest BCUT2D eigenvalue weighted by molar-refractivity contribution is -0.106. The lowest BCUT2D eigenvalue weighted by Crippen LogP contribution is -2.03. The van der Waals surface area contributed by atoms with Crippen LogP contribution in [0.5, 0.6) is 0 Å². The first-order chi connectivity index (χ1) is 10.5. The molecule has 2 rings (SSSR count). The van der Waals surface area contributed by atoms with Crippen molar-refractivity contribution in [2.24, 2.45) is 5.73 Å². The van der Waals surface area contributed by atoms with Crippen LogP contribution in [0.2, 0.25) is 0 Å². The summed E-state index contributed by atoms with van der Waals surface area (Å²) in [5, 5.41) is 4.27. The highest BCUT2D eigenvalue weighted by atomic mass is 16.1. The number of hydrogen-bond acceptors (Lipinski definition) is 4. The van der Waals surface area contributed by atoms with E-state index in [4.69, 9.17) is 16.3 Å². The minimum absolute atomic E-state index is 0.555. The fourth-order valence-corrected chi connectivity index (χ4v) is 1.69. The van der Waals surface area contributed by atoms with Crippen LogP contribution in [0, 0.1) is 0 Å². The highest BCUT2D eigenvalue weighted by Gasteiger charge is 2.07. The van der Waals surface area contributed by atoms with Crippen LogP contribution in [0.15, 0.2) is 50.2 Å². The summed E-state index contributed by atoms with van der Waals surface area (Å²) in [4.78, 5) is 8.81. The third-order valence-electron chi connectivity index (χ3n) is 2.75. The van der Waals surface area contributed by atoms with Crippen molar-refractivity contribution in [3.05, 3.63) is 61.3 Å². The van der Waals surface area contributed by atoms with Crippen LogP contribution in [0.25, 0.3) is 11.4 Å². The summed E-state index contributed by atoms with van der Waals surface area (Å²) in [5.41, 5.74) is 15.1. The summed E-state index contributed by atoms with van der Waals surface area (Å²) in [6.45, 7) is 13.2. The van der Waals surface area contributed by atoms with E-state index < -0.39 is 0 Å². The van der Waals surface area contributed by atoms with Gasteiger partial charge in [-0.15, -0.1) is 13.2 Å². The average molecular weight is 300 g/mol. The van der Waals surface area contributed by atoms with Crippen molar-refractivity contribution in [3.8, 4) is 5.69 Å². The molecule has 0 unspecified atom stereocenters. The van der Waals surface area contributed by atoms with Crippen LogP contribution >= 0.6 is 0 Å². The van der Waals surface area contributed by atoms with E-state index in [1.807, 2.05) is 24.3 Å². The standard InChI is InChI=1S/C13H16N4.C2H4O.C2H4/c1-3-10-8-16-17(13(10)15)12-6-4-11(5-7-12)9(2)14;1-2-3;1-2/h4-8H,2-3,14-15H2,1H3;2H,1H3;1-2H2. The minimum atomic E-state index is 0.555. The van der Waals surface area contributed by atoms with Crippen LogP contribution < -0.4 is 11.5 Å². The lowest BCUT2D eigenvalue weighted by Gasteiger charge is -2.06. The Hall–Kier alpha value is -2.82. The van der Waals surface area contributed by atoms with Gasteiger partial charge in [0.2, 0.25) is 0 Å². The largest absolute Gasteiger partial charge is 0.399 e. The first kappa shape index (κ1) is 19.2. The van der Waals surface area contributed by atoms with Gasteiger partial charge in [-0.05, 0) is 31.0 Å². The monoisotopic (exact) mass is 300 g/mol. The highest BCUT2D eigenvalue weighted by molar-refractivity contribution is 5.61. The molecular formula is C17H24N4O. The molecule has 0 radical (unpaired) electrons. The smallest absolute Gasteiger partial charge is 0.130 e. The molecule has 5 nitrogen and oxygen atoms in total. The van der Waals surface area contributed by atoms with E-state index in [1.54, 1.807) is 10.9 Å². The SMILES string of the molecule is C=C.C=C(N)c1ccc(-n2ncc(CC)c2N)cc1.CC=O. The zero-order chi connectivity index (χ0) is 17.1. The Balaban J connectivity index is 0.000000789. The quantitative estimate of drug-likeness (QED) is 0.674. The molecule has 0 amide bonds. The molecule has 0 aliphatic rings. The van der Waals surface area contributed by atoms with E-state index in [9.17, 15) is 0 Å². The molecule has 1 aromatic heterocycles. The Kier molecular flexibility index (Phi) is 8.71. The van der Waals surface area contributed by atoms with Crippen molar-refractivity contribution in [2.45, 2.75) is 20.3 Å². The predicted molar refractivity (Wildman–Crippen MR) is 93.6 cm³/mol. The van der Waals surface area contributed by atoms with Gasteiger partial charge >= 0.3 is 0 Å². The molecule has 0 saturated carbocycles. The number of aldehydes is 1. The number of benzene rings is 1. The first-order valence-electron chi connectivity index (χ1n) is 6.82. The lowest BCUT2D eigenvalue weighted by atomic mass is 10.1. The Morgan fingerprint density at radius 2 is 1.82 bits per heavy atom. The van der Waals surface area contributed by atoms with E-state index in [0.29, 0.717) is 11.5 Å². The maximum absolute atomic E-state index is 8.81. The number of aryl methyl sites for hydroxylation is 1. The molecule has 0 aliphatic heterocycles. The molecular weight excluding hydrogens is 276 g/mol. The molecule has 1 heterocycles. The highest BCUT2D eigenvalue weighted by Crippen LogP contribution is 2.18. The number of rotatable bonds is 3. The van der Waals surface area contributed by atoms with E-state index >= 15 is 0 Å². The summed E-state index contributed by atoms with van der Waals surface area (Å²) in [6.07, 6.45) is 3.43. The Labute approximate surface area is 131 Å². The molecule has 22 heavy (non-hydrogen) atoms. The molecule has 0 fully saturated rings. The number of nitrogens with zero attached hydrogens (tertiary/aromatic N) is 2. The number of nitrogen functional groups attached to an aromatic ring is 1. The Morgan fingerprint density at radius 1 is 1.32 bits per heavy atom. The van der Waals surface area contributed by atoms with Crippen molar-refractivity contribution in [2.75, 3.05) is 5.73 Å². The second kappa shape index (κ2) is 9.99. The fraction of sp³-hybridized carbons (Fsp3) is 0.176. The molecule has 0 atom stereocenters. The maximum atomic E-state index is 8.81. The summed E-state index contributed by atoms with van der Waals surface area (Å²) >= 11 is 0. The van der Waals surface area contributed by atoms with Crippen molar-refractivity contribution in [1.82, 2.24) is 9.78 Å². The van der Waals surface area contributed by atoms with Crippen molar-refractivity contribution < 1.29 is 4.79 Å². The summed E-state index contributed by atoms with van der Waals surface area (Å²) in [6, 6.07) is 7.67. The topological polar surface area (TPSA) is 86.9 Å². The molecule has 0 aliphatic carbocycles. The number of carbonyl (C=O) groups excluding carboxylic acids is 1. The van der Waals surface area contributed by atoms with Gasteiger partial charge in [-0.2, -0.15) is 5.10 Å². The molecule has 0 bridgehead atoms. The molecule has 4 N–H and O–H groups in total. The van der Waals surface area contributed by atoms with Gasteiger partial charge < -0.3 is 16.3 Å². The second-order valence-corrected chi connectivity index (χ2v) is 4.13. The number of aromatic nitrogens is 2. The molecule has 5 heteroatoms. The second-order valence-electron chi connectivity index (χ2n) is 4.13. The van der Waals surface area contributed by atoms with Crippen LogP contribution in [0.4, 0.5) is 5.82 Å². The minimum Gasteiger partial charge on any atom is -0.399 e. The van der Waals surface area contributed by atoms with Gasteiger partial charge in [0.15, 0.2) is 0 Å². The van der Waals surface area contributed by atoms with Crippen molar-refractivity contribution in [1.29, 1.82) is 0 Å². The van der Waals surface area contributed by atoms with Gasteiger partial charge in [0.25, 0.3) is 0 Å². The van der Waals surface area contributed by atoms with Gasteiger partial charge in [0, 0.05) is 11.3 Å². The first-order valence-corrected chi connectivity index (χ1v) is 6.82. The average Bonchev–Trinajstić information content (AvgIpc) is 2.91. The van der Waals surface area contributed by atoms with Gasteiger partial charge in [-0.1, -0.05) is 25.6 Å². The maximum Gasteiger partial charge on any atom is 0.130 e. The van der Waals surface area contributed by atoms with E-state index in [0.717, 1.165) is 29.5 Å². The van der Waals surface area contributed by atoms with Crippen molar-refractivity contribution in [3.63, 3.8) is 0 Å². The molecule has 118 valence electrons. The van der Waals surface area contributed by atoms with Gasteiger partial charge in [0.1, 0.15) is 12.1 Å². The van der Waals surface area contributed by atoms with Crippen LogP contribution in [0.1, 0.15) is 25.0 Å². The van der Waals surface area contributed by atoms with Crippen LogP contribution in [-0.2, 0) is 11.2 Å². The third-order valence-corrected chi connectivity index (χ3v) is 2.75. The number of hydrogen-bond donors (Lipinski definition) is 2. The molecule has 2 aromatic rings. The van der Waals surface area contributed by atoms with Gasteiger partial charge in [0.05, 0.1) is 11.9 Å². The Bertz CT molecular complexity index is 600. The number of anilines is 1. The van der Waals surface area contributed by atoms with Gasteiger partial charge in [-0.3, -0.25) is 0 Å². The Morgan fingerprint density at radius 3 is 2.18 bits per heavy atom. The third kappa shape index (κ3) is 4.94. The van der Waals surface area contributed by atoms with E-state index in [-0.39, 0.29) is 0 Å². The summed E-state index contributed by atoms with van der Waals surface area (Å²) < 4.78 is 1.72.